The lowest BCUT2D eigenvalue weighted by Gasteiger charge is -2.12. The van der Waals surface area contributed by atoms with Gasteiger partial charge in [-0.05, 0) is 57.9 Å². The van der Waals surface area contributed by atoms with E-state index in [0.717, 1.165) is 33.8 Å². The van der Waals surface area contributed by atoms with Gasteiger partial charge in [-0.25, -0.2) is 9.97 Å². The quantitative estimate of drug-likeness (QED) is 0.237. The largest absolute Gasteiger partial charge is 0.350 e. The number of hydrogen-bond acceptors (Lipinski definition) is 5. The molecular formula is C32H41N5. The van der Waals surface area contributed by atoms with Crippen LogP contribution in [-0.4, -0.2) is 22.2 Å². The second-order valence-electron chi connectivity index (χ2n) is 8.62. The van der Waals surface area contributed by atoms with E-state index < -0.39 is 0 Å². The first-order valence-electron chi connectivity index (χ1n) is 12.9. The number of hydrogen-bond donors (Lipinski definition) is 2. The molecule has 0 fully saturated rings. The highest BCUT2D eigenvalue weighted by Gasteiger charge is 2.10. The first-order valence-corrected chi connectivity index (χ1v) is 12.9. The first-order chi connectivity index (χ1) is 17.9. The van der Waals surface area contributed by atoms with Gasteiger partial charge >= 0.3 is 0 Å². The molecule has 0 aliphatic rings. The van der Waals surface area contributed by atoms with Crippen LogP contribution in [0.4, 0.5) is 5.95 Å². The summed E-state index contributed by atoms with van der Waals surface area (Å²) in [5.41, 5.74) is 15.1. The highest BCUT2D eigenvalue weighted by molar-refractivity contribution is 6.01. The Kier molecular flexibility index (Phi) is 12.2. The molecule has 0 aliphatic heterocycles. The molecule has 0 unspecified atom stereocenters. The summed E-state index contributed by atoms with van der Waals surface area (Å²) >= 11 is 0. The summed E-state index contributed by atoms with van der Waals surface area (Å²) in [5, 5.41) is 3.34. The van der Waals surface area contributed by atoms with Crippen molar-refractivity contribution < 1.29 is 0 Å². The zero-order chi connectivity index (χ0) is 27.2. The number of nitrogens with two attached hydrogens (primary N) is 1. The molecule has 5 nitrogen and oxygen atoms in total. The van der Waals surface area contributed by atoms with Crippen molar-refractivity contribution in [3.05, 3.63) is 113 Å². The third-order valence-electron chi connectivity index (χ3n) is 5.59. The van der Waals surface area contributed by atoms with Crippen LogP contribution in [0, 0.1) is 13.8 Å². The van der Waals surface area contributed by atoms with Crippen molar-refractivity contribution in [3.63, 3.8) is 0 Å². The molecule has 0 saturated carbocycles. The highest BCUT2D eigenvalue weighted by Crippen LogP contribution is 2.27. The maximum atomic E-state index is 5.90. The number of aryl methyl sites for hydroxylation is 2. The van der Waals surface area contributed by atoms with Gasteiger partial charge in [0.25, 0.3) is 0 Å². The van der Waals surface area contributed by atoms with E-state index in [2.05, 4.69) is 79.6 Å². The molecule has 1 aromatic heterocycles. The maximum absolute atomic E-state index is 5.90. The predicted molar refractivity (Wildman–Crippen MR) is 161 cm³/mol. The van der Waals surface area contributed by atoms with E-state index in [4.69, 9.17) is 15.7 Å². The standard InChI is InChI=1S/C30H35N5.C2H6/c1-6-7-26(19-31)18-23(4)34-29(27-14-10-22(3)11-15-27)24(5)28-16-17-32-30(35-28)33-20-25-12-8-21(2)9-13-25;1-2/h6-18H,19-20,31H2,1-5H3,(H,32,33,35);1-2H3/b7-6-,26-18+,29-24+,34-23+;. The molecule has 37 heavy (non-hydrogen) atoms. The summed E-state index contributed by atoms with van der Waals surface area (Å²) in [6, 6.07) is 18.8. The number of nitrogens with zero attached hydrogens (tertiary/aromatic N) is 3. The van der Waals surface area contributed by atoms with Crippen LogP contribution in [0.3, 0.4) is 0 Å². The maximum Gasteiger partial charge on any atom is 0.223 e. The molecule has 0 spiro atoms. The van der Waals surface area contributed by atoms with Crippen LogP contribution in [0.1, 0.15) is 62.6 Å². The minimum absolute atomic E-state index is 0.460. The van der Waals surface area contributed by atoms with E-state index in [9.17, 15) is 0 Å². The molecule has 3 N–H and O–H groups in total. The van der Waals surface area contributed by atoms with Gasteiger partial charge in [0.1, 0.15) is 0 Å². The molecule has 0 aliphatic carbocycles. The van der Waals surface area contributed by atoms with Gasteiger partial charge < -0.3 is 11.1 Å². The van der Waals surface area contributed by atoms with Crippen LogP contribution in [0.2, 0.25) is 0 Å². The fourth-order valence-corrected chi connectivity index (χ4v) is 3.60. The van der Waals surface area contributed by atoms with Gasteiger partial charge in [0.15, 0.2) is 0 Å². The number of aliphatic imine (C=N–C) groups is 1. The van der Waals surface area contributed by atoms with Crippen molar-refractivity contribution in [1.82, 2.24) is 9.97 Å². The lowest BCUT2D eigenvalue weighted by molar-refractivity contribution is 1.04. The molecule has 1 heterocycles. The van der Waals surface area contributed by atoms with E-state index >= 15 is 0 Å². The van der Waals surface area contributed by atoms with Crippen LogP contribution in [0.15, 0.2) is 89.6 Å². The van der Waals surface area contributed by atoms with E-state index in [1.54, 1.807) is 6.20 Å². The second-order valence-corrected chi connectivity index (χ2v) is 8.62. The number of rotatable bonds is 9. The second kappa shape index (κ2) is 15.3. The fourth-order valence-electron chi connectivity index (χ4n) is 3.60. The molecular weight excluding hydrogens is 454 g/mol. The monoisotopic (exact) mass is 495 g/mol. The van der Waals surface area contributed by atoms with Gasteiger partial charge in [-0.3, -0.25) is 4.99 Å². The number of benzene rings is 2. The molecule has 194 valence electrons. The molecule has 5 heteroatoms. The minimum Gasteiger partial charge on any atom is -0.350 e. The Morgan fingerprint density at radius 1 is 0.946 bits per heavy atom. The predicted octanol–water partition coefficient (Wildman–Crippen LogP) is 7.54. The van der Waals surface area contributed by atoms with Gasteiger partial charge in [-0.2, -0.15) is 0 Å². The molecule has 3 rings (SSSR count). The molecule has 0 radical (unpaired) electrons. The van der Waals surface area contributed by atoms with Crippen LogP contribution < -0.4 is 11.1 Å². The van der Waals surface area contributed by atoms with E-state index in [0.29, 0.717) is 19.0 Å². The molecule has 0 bridgehead atoms. The summed E-state index contributed by atoms with van der Waals surface area (Å²) in [6.07, 6.45) is 7.80. The van der Waals surface area contributed by atoms with Crippen molar-refractivity contribution in [1.29, 1.82) is 0 Å². The van der Waals surface area contributed by atoms with E-state index in [1.807, 2.05) is 52.0 Å². The average molecular weight is 496 g/mol. The molecule has 0 amide bonds. The number of nitrogens with one attached hydrogen (secondary N) is 1. The fraction of sp³-hybridized carbons (Fsp3) is 0.281. The Morgan fingerprint density at radius 3 is 2.16 bits per heavy atom. The minimum atomic E-state index is 0.460. The zero-order valence-corrected chi connectivity index (χ0v) is 23.3. The third kappa shape index (κ3) is 9.28. The first kappa shape index (κ1) is 29.4. The molecule has 3 aromatic rings. The Bertz CT molecular complexity index is 1250. The Hall–Kier alpha value is -3.83. The summed E-state index contributed by atoms with van der Waals surface area (Å²) in [5.74, 6) is 0.588. The lowest BCUT2D eigenvalue weighted by Crippen LogP contribution is -2.05. The van der Waals surface area contributed by atoms with Gasteiger partial charge in [0.2, 0.25) is 5.95 Å². The van der Waals surface area contributed by atoms with E-state index in [-0.39, 0.29) is 0 Å². The summed E-state index contributed by atoms with van der Waals surface area (Å²) in [4.78, 5) is 14.2. The Balaban J connectivity index is 0.00000235. The van der Waals surface area contributed by atoms with Crippen molar-refractivity contribution in [2.75, 3.05) is 11.9 Å². The Morgan fingerprint density at radius 2 is 1.57 bits per heavy atom. The summed E-state index contributed by atoms with van der Waals surface area (Å²) < 4.78 is 0. The molecule has 0 atom stereocenters. The van der Waals surface area contributed by atoms with Crippen LogP contribution in [0.25, 0.3) is 11.3 Å². The van der Waals surface area contributed by atoms with Crippen molar-refractivity contribution in [2.24, 2.45) is 10.7 Å². The number of allylic oxidation sites excluding steroid dienone is 3. The molecule has 2 aromatic carbocycles. The normalized spacial score (nSPS) is 12.6. The Labute approximate surface area is 223 Å². The highest BCUT2D eigenvalue weighted by atomic mass is 15.1. The molecule has 0 saturated heterocycles. The lowest BCUT2D eigenvalue weighted by atomic mass is 10.0. The summed E-state index contributed by atoms with van der Waals surface area (Å²) in [7, 11) is 0. The third-order valence-corrected chi connectivity index (χ3v) is 5.59. The van der Waals surface area contributed by atoms with Crippen LogP contribution in [-0.2, 0) is 6.54 Å². The topological polar surface area (TPSA) is 76.2 Å². The van der Waals surface area contributed by atoms with E-state index in [1.165, 1.54) is 16.7 Å². The number of anilines is 1. The van der Waals surface area contributed by atoms with Crippen molar-refractivity contribution in [3.8, 4) is 0 Å². The van der Waals surface area contributed by atoms with Crippen molar-refractivity contribution >= 4 is 22.9 Å². The smallest absolute Gasteiger partial charge is 0.223 e. The van der Waals surface area contributed by atoms with Gasteiger partial charge in [-0.15, -0.1) is 0 Å². The number of aromatic nitrogens is 2. The average Bonchev–Trinajstić information content (AvgIpc) is 2.92. The zero-order valence-electron chi connectivity index (χ0n) is 23.3. The van der Waals surface area contributed by atoms with Gasteiger partial charge in [0, 0.05) is 36.1 Å². The van der Waals surface area contributed by atoms with Gasteiger partial charge in [-0.1, -0.05) is 85.7 Å². The van der Waals surface area contributed by atoms with Gasteiger partial charge in [0.05, 0.1) is 11.4 Å². The van der Waals surface area contributed by atoms with Crippen LogP contribution >= 0.6 is 0 Å². The SMILES string of the molecule is CC.C\C=C/C(=C\C(C)=N\C(=C(/C)c1ccnc(NCc2ccc(C)cc2)n1)c1ccc(C)cc1)CN. The van der Waals surface area contributed by atoms with Crippen LogP contribution in [0.5, 0.6) is 0 Å². The van der Waals surface area contributed by atoms with Crippen molar-refractivity contribution in [2.45, 2.75) is 55.0 Å². The summed E-state index contributed by atoms with van der Waals surface area (Å²) in [6.45, 7) is 15.3.